The molecule has 5 nitrogen and oxygen atoms in total. The summed E-state index contributed by atoms with van der Waals surface area (Å²) in [4.78, 5) is 15.1. The topological polar surface area (TPSA) is 74.2 Å². The van der Waals surface area contributed by atoms with Crippen LogP contribution in [0.1, 0.15) is 12.1 Å². The molecule has 1 rings (SSSR count). The number of aliphatic hydroxyl groups is 1. The number of urea groups is 1. The van der Waals surface area contributed by atoms with Gasteiger partial charge in [-0.05, 0) is 18.1 Å². The van der Waals surface area contributed by atoms with Gasteiger partial charge in [0.2, 0.25) is 0 Å². The van der Waals surface area contributed by atoms with E-state index in [9.17, 15) is 4.79 Å². The first-order chi connectivity index (χ1) is 7.76. The van der Waals surface area contributed by atoms with Crippen molar-refractivity contribution in [3.05, 3.63) is 23.9 Å². The van der Waals surface area contributed by atoms with Crippen LogP contribution in [0.2, 0.25) is 0 Å². The molecule has 0 radical (unpaired) electrons. The fourth-order valence-electron chi connectivity index (χ4n) is 0.962. The van der Waals surface area contributed by atoms with E-state index >= 15 is 0 Å². The summed E-state index contributed by atoms with van der Waals surface area (Å²) < 4.78 is 0. The number of hydrogen-bond donors (Lipinski definition) is 3. The summed E-state index contributed by atoms with van der Waals surface area (Å²) in [6.07, 6.45) is 0.411. The Hall–Kier alpha value is -2.06. The third kappa shape index (κ3) is 3.98. The molecule has 2 amide bonds. The molecular weight excluding hydrogens is 206 g/mol. The largest absolute Gasteiger partial charge is 0.395 e. The van der Waals surface area contributed by atoms with Gasteiger partial charge in [-0.3, -0.25) is 5.32 Å². The van der Waals surface area contributed by atoms with Crippen molar-refractivity contribution in [2.45, 2.75) is 6.42 Å². The first-order valence-electron chi connectivity index (χ1n) is 4.82. The number of carbonyl (C=O) groups is 1. The Morgan fingerprint density at radius 2 is 2.38 bits per heavy atom. The number of carbonyl (C=O) groups excluding carboxylic acids is 1. The number of amides is 2. The van der Waals surface area contributed by atoms with Crippen molar-refractivity contribution in [1.29, 1.82) is 0 Å². The van der Waals surface area contributed by atoms with Gasteiger partial charge >= 0.3 is 6.03 Å². The number of nitrogens with one attached hydrogen (secondary N) is 2. The Morgan fingerprint density at radius 3 is 3.06 bits per heavy atom. The molecule has 0 aliphatic heterocycles. The fraction of sp³-hybridized carbons (Fsp3) is 0.273. The number of anilines is 1. The highest BCUT2D eigenvalue weighted by Gasteiger charge is 1.99. The lowest BCUT2D eigenvalue weighted by atomic mass is 10.3. The van der Waals surface area contributed by atoms with Crippen LogP contribution in [0.4, 0.5) is 10.6 Å². The summed E-state index contributed by atoms with van der Waals surface area (Å²) in [7, 11) is 1.53. The molecule has 0 saturated heterocycles. The van der Waals surface area contributed by atoms with Crippen molar-refractivity contribution in [3.8, 4) is 11.8 Å². The first-order valence-corrected chi connectivity index (χ1v) is 4.82. The molecule has 0 aromatic carbocycles. The van der Waals surface area contributed by atoms with Crippen LogP contribution in [0.15, 0.2) is 18.2 Å². The molecule has 0 aliphatic rings. The highest BCUT2D eigenvalue weighted by atomic mass is 16.2. The Bertz CT molecular complexity index is 421. The van der Waals surface area contributed by atoms with Gasteiger partial charge in [-0.15, -0.1) is 0 Å². The lowest BCUT2D eigenvalue weighted by Crippen LogP contribution is -2.24. The van der Waals surface area contributed by atoms with Gasteiger partial charge in [-0.1, -0.05) is 12.0 Å². The molecule has 5 heteroatoms. The second-order valence-corrected chi connectivity index (χ2v) is 2.89. The van der Waals surface area contributed by atoms with E-state index in [1.54, 1.807) is 18.2 Å². The van der Waals surface area contributed by atoms with Crippen LogP contribution >= 0.6 is 0 Å². The zero-order valence-corrected chi connectivity index (χ0v) is 8.95. The van der Waals surface area contributed by atoms with E-state index in [0.29, 0.717) is 17.9 Å². The van der Waals surface area contributed by atoms with E-state index in [2.05, 4.69) is 27.5 Å². The Balaban J connectivity index is 2.72. The van der Waals surface area contributed by atoms with Crippen molar-refractivity contribution in [2.24, 2.45) is 0 Å². The SMILES string of the molecule is CNC(=O)Nc1cccc(C#CCCO)n1. The van der Waals surface area contributed by atoms with Crippen LogP contribution in [-0.2, 0) is 0 Å². The van der Waals surface area contributed by atoms with Gasteiger partial charge in [0.05, 0.1) is 6.61 Å². The maximum atomic E-state index is 11.0. The maximum absolute atomic E-state index is 11.0. The predicted molar refractivity (Wildman–Crippen MR) is 60.9 cm³/mol. The number of pyridine rings is 1. The number of hydrogen-bond acceptors (Lipinski definition) is 3. The average molecular weight is 219 g/mol. The summed E-state index contributed by atoms with van der Waals surface area (Å²) >= 11 is 0. The van der Waals surface area contributed by atoms with Crippen molar-refractivity contribution in [2.75, 3.05) is 19.0 Å². The van der Waals surface area contributed by atoms with Crippen LogP contribution in [0, 0.1) is 11.8 Å². The van der Waals surface area contributed by atoms with E-state index in [1.165, 1.54) is 7.05 Å². The van der Waals surface area contributed by atoms with Crippen LogP contribution < -0.4 is 10.6 Å². The number of aliphatic hydroxyl groups excluding tert-OH is 1. The van der Waals surface area contributed by atoms with Crippen molar-refractivity contribution in [1.82, 2.24) is 10.3 Å². The number of aromatic nitrogens is 1. The molecule has 3 N–H and O–H groups in total. The third-order valence-corrected chi connectivity index (χ3v) is 1.67. The second-order valence-electron chi connectivity index (χ2n) is 2.89. The summed E-state index contributed by atoms with van der Waals surface area (Å²) in [5.74, 6) is 5.98. The maximum Gasteiger partial charge on any atom is 0.320 e. The van der Waals surface area contributed by atoms with Crippen LogP contribution in [0.3, 0.4) is 0 Å². The Labute approximate surface area is 93.9 Å². The average Bonchev–Trinajstić information content (AvgIpc) is 2.30. The van der Waals surface area contributed by atoms with Crippen LogP contribution in [0.25, 0.3) is 0 Å². The van der Waals surface area contributed by atoms with Gasteiger partial charge in [0.1, 0.15) is 11.5 Å². The van der Waals surface area contributed by atoms with Crippen LogP contribution in [0.5, 0.6) is 0 Å². The molecule has 84 valence electrons. The molecule has 0 atom stereocenters. The molecule has 1 aromatic rings. The fourth-order valence-corrected chi connectivity index (χ4v) is 0.962. The smallest absolute Gasteiger partial charge is 0.320 e. The predicted octanol–water partition coefficient (Wildman–Crippen LogP) is 0.567. The number of nitrogens with zero attached hydrogens (tertiary/aromatic N) is 1. The van der Waals surface area contributed by atoms with Crippen LogP contribution in [-0.4, -0.2) is 29.8 Å². The summed E-state index contributed by atoms with van der Waals surface area (Å²) in [6.45, 7) is 0.0309. The molecule has 0 saturated carbocycles. The molecule has 0 fully saturated rings. The zero-order valence-electron chi connectivity index (χ0n) is 8.95. The molecule has 0 aliphatic carbocycles. The van der Waals surface area contributed by atoms with Gasteiger partial charge in [-0.25, -0.2) is 9.78 Å². The highest BCUT2D eigenvalue weighted by molar-refractivity contribution is 5.87. The second kappa shape index (κ2) is 6.43. The lowest BCUT2D eigenvalue weighted by molar-refractivity contribution is 0.254. The van der Waals surface area contributed by atoms with E-state index in [-0.39, 0.29) is 12.6 Å². The Morgan fingerprint density at radius 1 is 1.56 bits per heavy atom. The third-order valence-electron chi connectivity index (χ3n) is 1.67. The molecule has 16 heavy (non-hydrogen) atoms. The standard InChI is InChI=1S/C11H13N3O2/c1-12-11(16)14-10-7-4-6-9(13-10)5-2-3-8-15/h4,6-7,15H,3,8H2,1H3,(H2,12,13,14,16). The molecule has 0 bridgehead atoms. The summed E-state index contributed by atoms with van der Waals surface area (Å²) in [5.41, 5.74) is 0.558. The van der Waals surface area contributed by atoms with E-state index in [0.717, 1.165) is 0 Å². The van der Waals surface area contributed by atoms with Gasteiger partial charge < -0.3 is 10.4 Å². The van der Waals surface area contributed by atoms with E-state index < -0.39 is 0 Å². The summed E-state index contributed by atoms with van der Waals surface area (Å²) in [5, 5.41) is 13.5. The lowest BCUT2D eigenvalue weighted by Gasteiger charge is -2.02. The monoisotopic (exact) mass is 219 g/mol. The van der Waals surface area contributed by atoms with Crippen molar-refractivity contribution in [3.63, 3.8) is 0 Å². The Kier molecular flexibility index (Phi) is 4.83. The van der Waals surface area contributed by atoms with Gasteiger partial charge in [0.25, 0.3) is 0 Å². The van der Waals surface area contributed by atoms with Gasteiger partial charge in [-0.2, -0.15) is 0 Å². The quantitative estimate of drug-likeness (QED) is 0.636. The van der Waals surface area contributed by atoms with E-state index in [1.807, 2.05) is 0 Å². The van der Waals surface area contributed by atoms with Gasteiger partial charge in [0, 0.05) is 13.5 Å². The van der Waals surface area contributed by atoms with Crippen molar-refractivity contribution >= 4 is 11.8 Å². The zero-order chi connectivity index (χ0) is 11.8. The normalized spacial score (nSPS) is 8.88. The first kappa shape index (κ1) is 12.0. The molecular formula is C11H13N3O2. The van der Waals surface area contributed by atoms with Gasteiger partial charge in [0.15, 0.2) is 0 Å². The summed E-state index contributed by atoms with van der Waals surface area (Å²) in [6, 6.07) is 4.83. The van der Waals surface area contributed by atoms with E-state index in [4.69, 9.17) is 5.11 Å². The minimum Gasteiger partial charge on any atom is -0.395 e. The minimum absolute atomic E-state index is 0.0309. The molecule has 0 unspecified atom stereocenters. The molecule has 1 aromatic heterocycles. The minimum atomic E-state index is -0.326. The molecule has 1 heterocycles. The number of rotatable bonds is 2. The molecule has 0 spiro atoms. The van der Waals surface area contributed by atoms with Crippen molar-refractivity contribution < 1.29 is 9.90 Å². The highest BCUT2D eigenvalue weighted by Crippen LogP contribution is 2.03.